The largest absolute Gasteiger partial charge is 0.388 e. The molecule has 128 valence electrons. The predicted molar refractivity (Wildman–Crippen MR) is 92.0 cm³/mol. The maximum absolute atomic E-state index is 9.55. The zero-order chi connectivity index (χ0) is 16.5. The van der Waals surface area contributed by atoms with Crippen LogP contribution >= 0.6 is 12.2 Å². The van der Waals surface area contributed by atoms with Crippen LogP contribution in [0.3, 0.4) is 0 Å². The topological polar surface area (TPSA) is 55.5 Å². The molecule has 0 spiro atoms. The van der Waals surface area contributed by atoms with Crippen molar-refractivity contribution in [2.24, 2.45) is 0 Å². The molecule has 1 atom stereocenters. The van der Waals surface area contributed by atoms with Crippen LogP contribution in [-0.2, 0) is 18.0 Å². The highest BCUT2D eigenvalue weighted by Crippen LogP contribution is 2.36. The first-order valence-electron chi connectivity index (χ1n) is 8.44. The molecule has 1 saturated carbocycles. The molecule has 1 unspecified atom stereocenters. The van der Waals surface area contributed by atoms with Gasteiger partial charge in [-0.25, -0.2) is 4.68 Å². The van der Waals surface area contributed by atoms with Crippen molar-refractivity contribution in [1.82, 2.24) is 19.2 Å². The number of nitrogens with zero attached hydrogens (tertiary/aromatic N) is 4. The molecule has 2 aromatic rings. The van der Waals surface area contributed by atoms with Gasteiger partial charge in [0, 0.05) is 19.1 Å². The van der Waals surface area contributed by atoms with Gasteiger partial charge in [-0.1, -0.05) is 30.3 Å². The summed E-state index contributed by atoms with van der Waals surface area (Å²) in [5, 5.41) is 14.1. The maximum atomic E-state index is 9.55. The van der Waals surface area contributed by atoms with Crippen LogP contribution in [0, 0.1) is 4.77 Å². The van der Waals surface area contributed by atoms with Gasteiger partial charge in [0.2, 0.25) is 0 Å². The first kappa shape index (κ1) is 16.0. The monoisotopic (exact) mass is 346 g/mol. The second kappa shape index (κ2) is 6.76. The Morgan fingerprint density at radius 1 is 1.25 bits per heavy atom. The number of morpholine rings is 1. The summed E-state index contributed by atoms with van der Waals surface area (Å²) in [6.45, 7) is 2.94. The lowest BCUT2D eigenvalue weighted by Crippen LogP contribution is -2.39. The lowest BCUT2D eigenvalue weighted by atomic mass is 10.1. The van der Waals surface area contributed by atoms with Crippen LogP contribution in [0.2, 0.25) is 0 Å². The molecule has 7 heteroatoms. The smallest absolute Gasteiger partial charge is 0.199 e. The SMILES string of the molecule is OCc1nn(CN2CCOC(c3ccccc3)C2)c(=S)n1C1CC1. The van der Waals surface area contributed by atoms with Crippen LogP contribution < -0.4 is 0 Å². The molecule has 2 aliphatic rings. The minimum atomic E-state index is -0.0666. The normalized spacial score (nSPS) is 22.0. The van der Waals surface area contributed by atoms with E-state index in [1.807, 2.05) is 27.4 Å². The fourth-order valence-corrected chi connectivity index (χ4v) is 3.61. The molecule has 0 bridgehead atoms. The summed E-state index contributed by atoms with van der Waals surface area (Å²) in [6, 6.07) is 10.7. The van der Waals surface area contributed by atoms with Crippen molar-refractivity contribution in [2.75, 3.05) is 19.7 Å². The van der Waals surface area contributed by atoms with Crippen molar-refractivity contribution in [1.29, 1.82) is 0 Å². The van der Waals surface area contributed by atoms with E-state index in [2.05, 4.69) is 22.1 Å². The van der Waals surface area contributed by atoms with Gasteiger partial charge in [0.1, 0.15) is 6.61 Å². The average Bonchev–Trinajstić information content (AvgIpc) is 3.41. The Kier molecular flexibility index (Phi) is 4.49. The average molecular weight is 346 g/mol. The van der Waals surface area contributed by atoms with E-state index in [1.165, 1.54) is 5.56 Å². The molecule has 1 N–H and O–H groups in total. The Hall–Kier alpha value is -1.54. The highest BCUT2D eigenvalue weighted by atomic mass is 32.1. The van der Waals surface area contributed by atoms with E-state index in [1.54, 1.807) is 0 Å². The highest BCUT2D eigenvalue weighted by Gasteiger charge is 2.29. The molecule has 2 fully saturated rings. The van der Waals surface area contributed by atoms with Crippen molar-refractivity contribution in [3.63, 3.8) is 0 Å². The number of hydrogen-bond donors (Lipinski definition) is 1. The lowest BCUT2D eigenvalue weighted by Gasteiger charge is -2.32. The summed E-state index contributed by atoms with van der Waals surface area (Å²) in [5.41, 5.74) is 1.20. The van der Waals surface area contributed by atoms with Crippen LogP contribution in [0.5, 0.6) is 0 Å². The van der Waals surface area contributed by atoms with E-state index >= 15 is 0 Å². The Morgan fingerprint density at radius 2 is 2.04 bits per heavy atom. The van der Waals surface area contributed by atoms with E-state index in [9.17, 15) is 5.11 Å². The Morgan fingerprint density at radius 3 is 2.75 bits per heavy atom. The van der Waals surface area contributed by atoms with Crippen molar-refractivity contribution in [3.05, 3.63) is 46.5 Å². The third-order valence-electron chi connectivity index (χ3n) is 4.65. The van der Waals surface area contributed by atoms with E-state index in [-0.39, 0.29) is 12.7 Å². The number of hydrogen-bond acceptors (Lipinski definition) is 5. The van der Waals surface area contributed by atoms with E-state index in [0.717, 1.165) is 25.9 Å². The number of aromatic nitrogens is 3. The summed E-state index contributed by atoms with van der Waals surface area (Å²) < 4.78 is 10.5. The fraction of sp³-hybridized carbons (Fsp3) is 0.529. The van der Waals surface area contributed by atoms with Crippen molar-refractivity contribution < 1.29 is 9.84 Å². The Labute approximate surface area is 146 Å². The summed E-state index contributed by atoms with van der Waals surface area (Å²) >= 11 is 5.58. The molecule has 1 aliphatic heterocycles. The second-order valence-electron chi connectivity index (χ2n) is 6.45. The van der Waals surface area contributed by atoms with E-state index < -0.39 is 0 Å². The predicted octanol–water partition coefficient (Wildman–Crippen LogP) is 2.27. The number of ether oxygens (including phenoxy) is 1. The first-order valence-corrected chi connectivity index (χ1v) is 8.85. The fourth-order valence-electron chi connectivity index (χ4n) is 3.25. The molecular formula is C17H22N4O2S. The number of benzene rings is 1. The van der Waals surface area contributed by atoms with Gasteiger partial charge in [0.25, 0.3) is 0 Å². The molecule has 1 aromatic heterocycles. The summed E-state index contributed by atoms with van der Waals surface area (Å²) in [5.74, 6) is 0.676. The minimum absolute atomic E-state index is 0.0666. The minimum Gasteiger partial charge on any atom is -0.388 e. The van der Waals surface area contributed by atoms with Gasteiger partial charge in [-0.15, -0.1) is 0 Å². The second-order valence-corrected chi connectivity index (χ2v) is 6.81. The molecular weight excluding hydrogens is 324 g/mol. The Bertz CT molecular complexity index is 754. The molecule has 0 amide bonds. The third-order valence-corrected chi connectivity index (χ3v) is 5.06. The van der Waals surface area contributed by atoms with Crippen molar-refractivity contribution in [2.45, 2.75) is 38.3 Å². The molecule has 1 saturated heterocycles. The number of aliphatic hydroxyl groups is 1. The van der Waals surface area contributed by atoms with E-state index in [0.29, 0.717) is 29.9 Å². The summed E-state index contributed by atoms with van der Waals surface area (Å²) in [7, 11) is 0. The zero-order valence-corrected chi connectivity index (χ0v) is 14.4. The van der Waals surface area contributed by atoms with Crippen LogP contribution in [0.1, 0.15) is 36.4 Å². The molecule has 1 aromatic carbocycles. The summed E-state index contributed by atoms with van der Waals surface area (Å²) in [6.07, 6.45) is 2.33. The Balaban J connectivity index is 1.50. The van der Waals surface area contributed by atoms with Crippen LogP contribution in [0.4, 0.5) is 0 Å². The van der Waals surface area contributed by atoms with Gasteiger partial charge < -0.3 is 9.84 Å². The number of aliphatic hydroxyl groups excluding tert-OH is 1. The maximum Gasteiger partial charge on any atom is 0.199 e. The molecule has 24 heavy (non-hydrogen) atoms. The molecule has 0 radical (unpaired) electrons. The van der Waals surface area contributed by atoms with Crippen LogP contribution in [0.25, 0.3) is 0 Å². The standard InChI is InChI=1S/C17H22N4O2S/c22-11-16-18-20(17(24)21(16)14-6-7-14)12-19-8-9-23-15(10-19)13-4-2-1-3-5-13/h1-5,14-15,22H,6-12H2. The number of rotatable bonds is 5. The van der Waals surface area contributed by atoms with Gasteiger partial charge in [-0.2, -0.15) is 5.10 Å². The first-order chi connectivity index (χ1) is 11.8. The third kappa shape index (κ3) is 3.17. The van der Waals surface area contributed by atoms with Crippen molar-refractivity contribution >= 4 is 12.2 Å². The van der Waals surface area contributed by atoms with Gasteiger partial charge in [0.15, 0.2) is 10.6 Å². The van der Waals surface area contributed by atoms with E-state index in [4.69, 9.17) is 17.0 Å². The van der Waals surface area contributed by atoms with Crippen molar-refractivity contribution in [3.8, 4) is 0 Å². The molecule has 2 heterocycles. The van der Waals surface area contributed by atoms with Gasteiger partial charge in [-0.05, 0) is 30.6 Å². The van der Waals surface area contributed by atoms with Gasteiger partial charge in [-0.3, -0.25) is 9.47 Å². The van der Waals surface area contributed by atoms with Crippen LogP contribution in [0.15, 0.2) is 30.3 Å². The quantitative estimate of drug-likeness (QED) is 0.842. The molecule has 1 aliphatic carbocycles. The lowest BCUT2D eigenvalue weighted by molar-refractivity contribution is -0.0419. The van der Waals surface area contributed by atoms with Gasteiger partial charge in [0.05, 0.1) is 19.4 Å². The highest BCUT2D eigenvalue weighted by molar-refractivity contribution is 7.71. The van der Waals surface area contributed by atoms with Crippen LogP contribution in [-0.4, -0.2) is 44.1 Å². The molecule has 4 rings (SSSR count). The van der Waals surface area contributed by atoms with Gasteiger partial charge >= 0.3 is 0 Å². The molecule has 6 nitrogen and oxygen atoms in total. The zero-order valence-electron chi connectivity index (χ0n) is 13.5. The summed E-state index contributed by atoms with van der Waals surface area (Å²) in [4.78, 5) is 2.31.